The number of aliphatic hydroxyl groups is 1. The zero-order valence-corrected chi connectivity index (χ0v) is 13.2. The van der Waals surface area contributed by atoms with Crippen LogP contribution in [0.5, 0.6) is 0 Å². The van der Waals surface area contributed by atoms with E-state index in [0.717, 1.165) is 15.2 Å². The molecule has 6 heteroatoms. The molecule has 5 nitrogen and oxygen atoms in total. The summed E-state index contributed by atoms with van der Waals surface area (Å²) < 4.78 is 0.909. The van der Waals surface area contributed by atoms with Gasteiger partial charge in [-0.15, -0.1) is 0 Å². The monoisotopic (exact) mass is 360 g/mol. The predicted molar refractivity (Wildman–Crippen MR) is 85.6 cm³/mol. The Labute approximate surface area is 135 Å². The molecule has 0 spiro atoms. The first-order valence-electron chi connectivity index (χ1n) is 7.09. The minimum Gasteiger partial charge on any atom is -0.390 e. The molecule has 2 unspecified atom stereocenters. The molecule has 0 aromatic heterocycles. The lowest BCUT2D eigenvalue weighted by Crippen LogP contribution is -2.36. The first-order chi connectivity index (χ1) is 10.6. The van der Waals surface area contributed by atoms with Crippen molar-refractivity contribution in [1.82, 2.24) is 4.90 Å². The predicted octanol–water partition coefficient (Wildman–Crippen LogP) is 2.50. The molecule has 0 bridgehead atoms. The van der Waals surface area contributed by atoms with Crippen molar-refractivity contribution in [3.63, 3.8) is 0 Å². The molecule has 0 aliphatic carbocycles. The van der Waals surface area contributed by atoms with E-state index in [0.29, 0.717) is 18.7 Å². The van der Waals surface area contributed by atoms with Crippen molar-refractivity contribution < 1.29 is 14.7 Å². The molecule has 4 rings (SSSR count). The zero-order chi connectivity index (χ0) is 15.4. The van der Waals surface area contributed by atoms with Crippen LogP contribution in [-0.4, -0.2) is 40.6 Å². The largest absolute Gasteiger partial charge is 0.390 e. The number of halogens is 1. The first-order valence-corrected chi connectivity index (χ1v) is 7.89. The lowest BCUT2D eigenvalue weighted by atomic mass is 10.1. The molecule has 0 saturated carbocycles. The Hall–Kier alpha value is -1.92. The Balaban J connectivity index is 1.88. The molecule has 2 aliphatic rings. The van der Waals surface area contributed by atoms with Crippen LogP contribution in [0.25, 0.3) is 10.8 Å². The van der Waals surface area contributed by atoms with Crippen molar-refractivity contribution in [3.05, 3.63) is 40.9 Å². The number of benzene rings is 2. The fourth-order valence-corrected chi connectivity index (χ4v) is 3.78. The number of carbonyl (C=O) groups is 2. The van der Waals surface area contributed by atoms with Crippen LogP contribution in [0.1, 0.15) is 6.42 Å². The maximum atomic E-state index is 12.6. The van der Waals surface area contributed by atoms with Crippen molar-refractivity contribution in [2.45, 2.75) is 18.6 Å². The number of hydrogen-bond donors (Lipinski definition) is 1. The average molecular weight is 361 g/mol. The fraction of sp³-hybridized carbons (Fsp3) is 0.250. The summed E-state index contributed by atoms with van der Waals surface area (Å²) in [6.45, 7) is 0.418. The van der Waals surface area contributed by atoms with E-state index in [-0.39, 0.29) is 11.9 Å². The van der Waals surface area contributed by atoms with Gasteiger partial charge in [0.1, 0.15) is 6.04 Å². The van der Waals surface area contributed by atoms with Gasteiger partial charge in [-0.3, -0.25) is 4.79 Å². The van der Waals surface area contributed by atoms with Crippen molar-refractivity contribution in [2.24, 2.45) is 0 Å². The van der Waals surface area contributed by atoms with E-state index in [2.05, 4.69) is 15.9 Å². The second-order valence-electron chi connectivity index (χ2n) is 5.56. The third kappa shape index (κ3) is 1.74. The van der Waals surface area contributed by atoms with E-state index in [1.807, 2.05) is 30.3 Å². The number of imide groups is 1. The Kier molecular flexibility index (Phi) is 2.99. The topological polar surface area (TPSA) is 60.9 Å². The van der Waals surface area contributed by atoms with Gasteiger partial charge in [-0.25, -0.2) is 9.69 Å². The van der Waals surface area contributed by atoms with Gasteiger partial charge in [-0.2, -0.15) is 0 Å². The molecule has 2 atom stereocenters. The standard InChI is InChI=1S/C16H13BrN2O3/c17-11-5-6-12(10-4-2-1-3-9(10)11)19-15(21)14-13(20)7-8-18(14)16(19)22/h1-6,13-14,20H,7-8H2. The third-order valence-corrected chi connectivity index (χ3v) is 5.06. The number of anilines is 1. The van der Waals surface area contributed by atoms with Gasteiger partial charge >= 0.3 is 6.03 Å². The number of urea groups is 1. The Morgan fingerprint density at radius 2 is 1.82 bits per heavy atom. The van der Waals surface area contributed by atoms with Crippen LogP contribution >= 0.6 is 15.9 Å². The van der Waals surface area contributed by atoms with Gasteiger partial charge < -0.3 is 10.0 Å². The maximum Gasteiger partial charge on any atom is 0.332 e. The second-order valence-corrected chi connectivity index (χ2v) is 6.42. The third-order valence-electron chi connectivity index (χ3n) is 4.37. The molecular weight excluding hydrogens is 348 g/mol. The van der Waals surface area contributed by atoms with Gasteiger partial charge in [-0.05, 0) is 23.9 Å². The minimum atomic E-state index is -0.775. The number of aliphatic hydroxyl groups excluding tert-OH is 1. The normalized spacial score (nSPS) is 24.5. The summed E-state index contributed by atoms with van der Waals surface area (Å²) in [6.07, 6.45) is -0.319. The van der Waals surface area contributed by atoms with Crippen LogP contribution in [0.15, 0.2) is 40.9 Å². The molecule has 2 aromatic rings. The summed E-state index contributed by atoms with van der Waals surface area (Å²) in [6, 6.07) is 10.1. The summed E-state index contributed by atoms with van der Waals surface area (Å²) in [5.41, 5.74) is 0.565. The van der Waals surface area contributed by atoms with Crippen molar-refractivity contribution >= 4 is 44.3 Å². The number of hydrogen-bond acceptors (Lipinski definition) is 3. The van der Waals surface area contributed by atoms with E-state index >= 15 is 0 Å². The SMILES string of the molecule is O=C1C2C(O)CCN2C(=O)N1c1ccc(Br)c2ccccc12. The zero-order valence-electron chi connectivity index (χ0n) is 11.6. The van der Waals surface area contributed by atoms with Crippen LogP contribution in [0, 0.1) is 0 Å². The van der Waals surface area contributed by atoms with E-state index in [1.165, 1.54) is 9.80 Å². The highest BCUT2D eigenvalue weighted by Gasteiger charge is 2.52. The molecule has 2 aromatic carbocycles. The molecule has 1 N–H and O–H groups in total. The summed E-state index contributed by atoms with van der Waals surface area (Å²) >= 11 is 3.49. The maximum absolute atomic E-state index is 12.6. The number of carbonyl (C=O) groups excluding carboxylic acids is 2. The highest BCUT2D eigenvalue weighted by Crippen LogP contribution is 2.37. The van der Waals surface area contributed by atoms with Gasteiger partial charge in [0, 0.05) is 16.4 Å². The van der Waals surface area contributed by atoms with Gasteiger partial charge in [0.15, 0.2) is 0 Å². The van der Waals surface area contributed by atoms with Crippen LogP contribution < -0.4 is 4.90 Å². The van der Waals surface area contributed by atoms with Gasteiger partial charge in [0.25, 0.3) is 5.91 Å². The lowest BCUT2D eigenvalue weighted by molar-refractivity contribution is -0.121. The molecule has 2 saturated heterocycles. The van der Waals surface area contributed by atoms with Crippen molar-refractivity contribution in [1.29, 1.82) is 0 Å². The van der Waals surface area contributed by atoms with Crippen LogP contribution in [-0.2, 0) is 4.79 Å². The van der Waals surface area contributed by atoms with Crippen molar-refractivity contribution in [2.75, 3.05) is 11.4 Å². The molecule has 2 aliphatic heterocycles. The first kappa shape index (κ1) is 13.7. The summed E-state index contributed by atoms with van der Waals surface area (Å²) in [5, 5.41) is 11.7. The number of nitrogens with zero attached hydrogens (tertiary/aromatic N) is 2. The van der Waals surface area contributed by atoms with Gasteiger partial charge in [0.05, 0.1) is 11.8 Å². The van der Waals surface area contributed by atoms with Crippen LogP contribution in [0.4, 0.5) is 10.5 Å². The van der Waals surface area contributed by atoms with Crippen LogP contribution in [0.2, 0.25) is 0 Å². The summed E-state index contributed by atoms with van der Waals surface area (Å²) in [4.78, 5) is 27.9. The van der Waals surface area contributed by atoms with Crippen molar-refractivity contribution in [3.8, 4) is 0 Å². The van der Waals surface area contributed by atoms with E-state index in [9.17, 15) is 14.7 Å². The molecule has 22 heavy (non-hydrogen) atoms. The highest BCUT2D eigenvalue weighted by atomic mass is 79.9. The molecule has 112 valence electrons. The Bertz CT molecular complexity index is 807. The number of fused-ring (bicyclic) bond motifs is 2. The van der Waals surface area contributed by atoms with Gasteiger partial charge in [-0.1, -0.05) is 40.2 Å². The summed E-state index contributed by atoms with van der Waals surface area (Å²) in [7, 11) is 0. The minimum absolute atomic E-state index is 0.345. The number of amides is 3. The van der Waals surface area contributed by atoms with Crippen LogP contribution in [0.3, 0.4) is 0 Å². The molecule has 3 amide bonds. The molecular formula is C16H13BrN2O3. The number of rotatable bonds is 1. The Morgan fingerprint density at radius 3 is 2.55 bits per heavy atom. The molecule has 2 fully saturated rings. The highest BCUT2D eigenvalue weighted by molar-refractivity contribution is 9.10. The van der Waals surface area contributed by atoms with E-state index in [4.69, 9.17) is 0 Å². The smallest absolute Gasteiger partial charge is 0.332 e. The fourth-order valence-electron chi connectivity index (χ4n) is 3.31. The van der Waals surface area contributed by atoms with E-state index < -0.39 is 12.1 Å². The second kappa shape index (κ2) is 4.79. The van der Waals surface area contributed by atoms with Gasteiger partial charge in [0.2, 0.25) is 0 Å². The molecule has 0 radical (unpaired) electrons. The molecule has 2 heterocycles. The summed E-state index contributed by atoms with van der Waals surface area (Å²) in [5.74, 6) is -0.345. The van der Waals surface area contributed by atoms with E-state index in [1.54, 1.807) is 6.07 Å². The Morgan fingerprint density at radius 1 is 1.09 bits per heavy atom. The quantitative estimate of drug-likeness (QED) is 0.794. The average Bonchev–Trinajstić information content (AvgIpc) is 3.02. The lowest BCUT2D eigenvalue weighted by Gasteiger charge is -2.18.